The van der Waals surface area contributed by atoms with Gasteiger partial charge in [0.2, 0.25) is 0 Å². The molecule has 0 aromatic carbocycles. The molecular weight excluding hydrogens is 733 g/mol. The Bertz CT molecular complexity index is 1070. The first-order valence-corrected chi connectivity index (χ1v) is 13.8. The number of halogens is 7. The zero-order chi connectivity index (χ0) is 24.5. The molecule has 2 aromatic heterocycles. The van der Waals surface area contributed by atoms with Crippen LogP contribution >= 0.6 is 86.4 Å². The van der Waals surface area contributed by atoms with Crippen molar-refractivity contribution in [2.24, 2.45) is 5.73 Å². The van der Waals surface area contributed by atoms with Crippen LogP contribution in [0.25, 0.3) is 0 Å². The van der Waals surface area contributed by atoms with Crippen molar-refractivity contribution in [1.82, 2.24) is 5.32 Å². The van der Waals surface area contributed by atoms with E-state index in [0.29, 0.717) is 25.1 Å². The smallest absolute Gasteiger partial charge is 0.341 e. The summed E-state index contributed by atoms with van der Waals surface area (Å²) in [5.41, 5.74) is 8.29. The van der Waals surface area contributed by atoms with Gasteiger partial charge >= 0.3 is 12.1 Å². The van der Waals surface area contributed by atoms with Gasteiger partial charge in [0.1, 0.15) is 0 Å². The Labute approximate surface area is 223 Å². The highest BCUT2D eigenvalue weighted by Crippen LogP contribution is 2.47. The fraction of sp³-hybridized carbons (Fsp3) is 0.389. The van der Waals surface area contributed by atoms with Crippen molar-refractivity contribution in [1.29, 1.82) is 0 Å². The van der Waals surface area contributed by atoms with E-state index in [9.17, 15) is 27.6 Å². The maximum absolute atomic E-state index is 12.2. The SMILES string of the molecule is CC.NC1CC(=O)c2c(Br)sc(Br)c21.O=C1CC(NC(=O)C(F)(F)F)c2c(Br)sc(Br)c21. The van der Waals surface area contributed by atoms with E-state index < -0.39 is 18.1 Å². The molecule has 0 bridgehead atoms. The van der Waals surface area contributed by atoms with E-state index in [1.54, 1.807) is 0 Å². The van der Waals surface area contributed by atoms with E-state index in [2.05, 4.69) is 63.7 Å². The van der Waals surface area contributed by atoms with E-state index in [4.69, 9.17) is 5.73 Å². The van der Waals surface area contributed by atoms with E-state index in [1.807, 2.05) is 19.2 Å². The van der Waals surface area contributed by atoms with E-state index in [1.165, 1.54) is 22.7 Å². The Kier molecular flexibility index (Phi) is 9.74. The number of amides is 1. The molecule has 2 heterocycles. The van der Waals surface area contributed by atoms with Gasteiger partial charge in [-0.05, 0) is 63.7 Å². The molecule has 0 aliphatic heterocycles. The lowest BCUT2D eigenvalue weighted by atomic mass is 10.2. The molecule has 2 aromatic rings. The number of thiophene rings is 2. The standard InChI is InChI=1S/C9H4Br2F3NO2S.C7H5Br2NOS.C2H6/c10-6-4-2(15-8(17)9(12,13)14)1-3(16)5(4)7(11)18-6;8-6-4-2(10)1-3(11)5(4)7(9)12-6;1-2/h2H,1H2,(H,15,17);2H,1,10H2;1-2H3. The summed E-state index contributed by atoms with van der Waals surface area (Å²) in [6.07, 6.45) is -4.67. The van der Waals surface area contributed by atoms with Crippen LogP contribution in [0.1, 0.15) is 70.6 Å². The number of Topliss-reactive ketones (excluding diaryl/α,β-unsaturated/α-hetero) is 2. The second-order valence-corrected chi connectivity index (χ2v) is 13.6. The summed E-state index contributed by atoms with van der Waals surface area (Å²) < 4.78 is 39.5. The first-order chi connectivity index (χ1) is 14.8. The second kappa shape index (κ2) is 11.1. The van der Waals surface area contributed by atoms with Crippen LogP contribution in [0.3, 0.4) is 0 Å². The van der Waals surface area contributed by atoms with Crippen LogP contribution in [-0.4, -0.2) is 23.6 Å². The molecule has 14 heteroatoms. The van der Waals surface area contributed by atoms with Gasteiger partial charge in [0.25, 0.3) is 0 Å². The van der Waals surface area contributed by atoms with E-state index >= 15 is 0 Å². The summed E-state index contributed by atoms with van der Waals surface area (Å²) in [5, 5.41) is 1.83. The van der Waals surface area contributed by atoms with Crippen LogP contribution in [-0.2, 0) is 4.79 Å². The molecule has 0 fully saturated rings. The van der Waals surface area contributed by atoms with Gasteiger partial charge in [-0.25, -0.2) is 0 Å². The first-order valence-electron chi connectivity index (χ1n) is 8.97. The number of carbonyl (C=O) groups excluding carboxylic acids is 3. The minimum atomic E-state index is -4.95. The van der Waals surface area contributed by atoms with Crippen molar-refractivity contribution in [3.8, 4) is 0 Å². The van der Waals surface area contributed by atoms with Crippen molar-refractivity contribution in [2.75, 3.05) is 0 Å². The van der Waals surface area contributed by atoms with Gasteiger partial charge in [-0.2, -0.15) is 13.2 Å². The first kappa shape index (κ1) is 28.1. The normalized spacial score (nSPS) is 18.9. The monoisotopic (exact) mass is 744 g/mol. The number of alkyl halides is 3. The van der Waals surface area contributed by atoms with Gasteiger partial charge in [-0.1, -0.05) is 13.8 Å². The number of ketones is 2. The predicted octanol–water partition coefficient (Wildman–Crippen LogP) is 7.46. The third-order valence-electron chi connectivity index (χ3n) is 4.35. The number of hydrogen-bond acceptors (Lipinski definition) is 6. The lowest BCUT2D eigenvalue weighted by Crippen LogP contribution is -2.38. The highest BCUT2D eigenvalue weighted by atomic mass is 79.9. The molecule has 2 aliphatic rings. The van der Waals surface area contributed by atoms with Crippen LogP contribution in [0, 0.1) is 0 Å². The number of carbonyl (C=O) groups is 3. The maximum atomic E-state index is 12.2. The molecule has 0 spiro atoms. The summed E-state index contributed by atoms with van der Waals surface area (Å²) in [4.78, 5) is 33.9. The van der Waals surface area contributed by atoms with E-state index in [0.717, 1.165) is 18.7 Å². The second-order valence-electron chi connectivity index (χ2n) is 6.26. The van der Waals surface area contributed by atoms with Gasteiger partial charge in [0, 0.05) is 41.1 Å². The van der Waals surface area contributed by atoms with E-state index in [-0.39, 0.29) is 24.0 Å². The number of hydrogen-bond donors (Lipinski definition) is 2. The molecule has 176 valence electrons. The maximum Gasteiger partial charge on any atom is 0.471 e. The largest absolute Gasteiger partial charge is 0.471 e. The van der Waals surface area contributed by atoms with Gasteiger partial charge in [-0.15, -0.1) is 22.7 Å². The zero-order valence-corrected chi connectivity index (χ0v) is 24.3. The van der Waals surface area contributed by atoms with Crippen molar-refractivity contribution >= 4 is 104 Å². The van der Waals surface area contributed by atoms with Crippen LogP contribution in [0.5, 0.6) is 0 Å². The molecule has 2 unspecified atom stereocenters. The van der Waals surface area contributed by atoms with Gasteiger partial charge in [0.15, 0.2) is 11.6 Å². The minimum Gasteiger partial charge on any atom is -0.341 e. The Balaban J connectivity index is 0.000000224. The zero-order valence-electron chi connectivity index (χ0n) is 16.3. The number of rotatable bonds is 1. The Morgan fingerprint density at radius 1 is 0.906 bits per heavy atom. The molecule has 32 heavy (non-hydrogen) atoms. The fourth-order valence-corrected chi connectivity index (χ4v) is 9.86. The van der Waals surface area contributed by atoms with Crippen LogP contribution in [0.4, 0.5) is 13.2 Å². The number of nitrogens with one attached hydrogen (secondary N) is 1. The highest BCUT2D eigenvalue weighted by Gasteiger charge is 2.43. The summed E-state index contributed by atoms with van der Waals surface area (Å²) in [5.74, 6) is -2.18. The molecule has 2 aliphatic carbocycles. The molecule has 0 radical (unpaired) electrons. The van der Waals surface area contributed by atoms with Crippen molar-refractivity contribution in [3.63, 3.8) is 0 Å². The molecule has 5 nitrogen and oxygen atoms in total. The quantitative estimate of drug-likeness (QED) is 0.317. The Morgan fingerprint density at radius 2 is 1.34 bits per heavy atom. The molecule has 4 rings (SSSR count). The molecule has 0 saturated carbocycles. The molecule has 2 atom stereocenters. The number of nitrogens with two attached hydrogens (primary N) is 1. The van der Waals surface area contributed by atoms with Gasteiger partial charge in [-0.3, -0.25) is 14.4 Å². The van der Waals surface area contributed by atoms with Crippen LogP contribution < -0.4 is 11.1 Å². The van der Waals surface area contributed by atoms with Crippen LogP contribution in [0.2, 0.25) is 0 Å². The summed E-state index contributed by atoms with van der Waals surface area (Å²) in [6.45, 7) is 4.00. The lowest BCUT2D eigenvalue weighted by Gasteiger charge is -2.14. The average molecular weight is 748 g/mol. The molecule has 3 N–H and O–H groups in total. The van der Waals surface area contributed by atoms with Crippen molar-refractivity contribution in [3.05, 3.63) is 37.4 Å². The van der Waals surface area contributed by atoms with Crippen LogP contribution in [0.15, 0.2) is 15.1 Å². The topological polar surface area (TPSA) is 89.3 Å². The summed E-state index contributed by atoms with van der Waals surface area (Å²) in [6, 6.07) is -1.05. The average Bonchev–Trinajstić information content (AvgIpc) is 3.36. The van der Waals surface area contributed by atoms with Crippen molar-refractivity contribution in [2.45, 2.75) is 44.9 Å². The third kappa shape index (κ3) is 5.74. The highest BCUT2D eigenvalue weighted by molar-refractivity contribution is 9.12. The van der Waals surface area contributed by atoms with Gasteiger partial charge in [0.05, 0.1) is 21.2 Å². The molecule has 0 saturated heterocycles. The Hall–Kier alpha value is -0.120. The Morgan fingerprint density at radius 3 is 1.81 bits per heavy atom. The fourth-order valence-electron chi connectivity index (χ4n) is 3.10. The molecule has 1 amide bonds. The van der Waals surface area contributed by atoms with Gasteiger partial charge < -0.3 is 11.1 Å². The predicted molar refractivity (Wildman–Crippen MR) is 133 cm³/mol. The van der Waals surface area contributed by atoms with Crippen molar-refractivity contribution < 1.29 is 27.6 Å². The lowest BCUT2D eigenvalue weighted by molar-refractivity contribution is -0.174. The minimum absolute atomic E-state index is 0.121. The number of fused-ring (bicyclic) bond motifs is 2. The summed E-state index contributed by atoms with van der Waals surface area (Å²) >= 11 is 15.8. The summed E-state index contributed by atoms with van der Waals surface area (Å²) in [7, 11) is 0. The third-order valence-corrected chi connectivity index (χ3v) is 9.50. The molecular formula is C18H15Br4F3N2O3S2.